The summed E-state index contributed by atoms with van der Waals surface area (Å²) in [6.45, 7) is -14.8. The minimum absolute atomic E-state index is 0.248. The van der Waals surface area contributed by atoms with Gasteiger partial charge in [0.15, 0.2) is 0 Å². The molecule has 0 aromatic heterocycles. The van der Waals surface area contributed by atoms with Gasteiger partial charge in [-0.1, -0.05) is 35.9 Å². The molecule has 0 saturated carbocycles. The second-order valence-corrected chi connectivity index (χ2v) is 8.94. The Labute approximate surface area is 213 Å². The van der Waals surface area contributed by atoms with E-state index < -0.39 is 128 Å². The number of piperazine rings is 1. The Kier molecular flexibility index (Phi) is 2.28. The summed E-state index contributed by atoms with van der Waals surface area (Å²) in [5.74, 6) is 0. The average molecular weight is 465 g/mol. The molecule has 2 aliphatic heterocycles. The van der Waals surface area contributed by atoms with Crippen LogP contribution in [0.1, 0.15) is 46.3 Å². The highest BCUT2D eigenvalue weighted by atomic mass is 32.2. The fourth-order valence-electron chi connectivity index (χ4n) is 2.74. The lowest BCUT2D eigenvalue weighted by Crippen LogP contribution is -2.44. The van der Waals surface area contributed by atoms with E-state index in [9.17, 15) is 8.42 Å². The van der Waals surface area contributed by atoms with Crippen LogP contribution in [0.15, 0.2) is 63.0 Å². The first kappa shape index (κ1) is 7.74. The van der Waals surface area contributed by atoms with Crippen LogP contribution in [0, 0.1) is 0 Å². The third-order valence-corrected chi connectivity index (χ3v) is 6.51. The number of hydrogen-bond donors (Lipinski definition) is 0. The van der Waals surface area contributed by atoms with Gasteiger partial charge in [-0.3, -0.25) is 0 Å². The van der Waals surface area contributed by atoms with Gasteiger partial charge in [0.2, 0.25) is 10.0 Å². The highest BCUT2D eigenvalue weighted by Gasteiger charge is 2.25. The quantitative estimate of drug-likeness (QED) is 0.578. The second-order valence-electron chi connectivity index (χ2n) is 6.19. The van der Waals surface area contributed by atoms with Crippen LogP contribution in [0.5, 0.6) is 0 Å². The van der Waals surface area contributed by atoms with Gasteiger partial charge in [0, 0.05) is 74.2 Å². The number of rotatable bonds is 5. The lowest BCUT2D eigenvalue weighted by molar-refractivity contribution is 0.156. The number of hydrogen-bond acceptors (Lipinski definition) is 5. The number of likely N-dealkylation sites (N-methyl/N-ethyl adjacent to an activating group) is 1. The number of nitrogens with zero attached hydrogens (tertiary/aromatic N) is 3. The Bertz CT molecular complexity index is 1900. The summed E-state index contributed by atoms with van der Waals surface area (Å²) in [6, 6.07) is -8.81. The minimum atomic E-state index is -5.95. The predicted molar refractivity (Wildman–Crippen MR) is 124 cm³/mol. The molecule has 0 radical (unpaired) electrons. The second kappa shape index (κ2) is 8.85. The van der Waals surface area contributed by atoms with Gasteiger partial charge in [0.1, 0.15) is 0 Å². The van der Waals surface area contributed by atoms with Gasteiger partial charge in [-0.25, -0.2) is 12.7 Å². The van der Waals surface area contributed by atoms with Crippen LogP contribution in [0.25, 0.3) is 5.57 Å². The fraction of sp³-hybridized carbons (Fsp3) is 0.391. The minimum Gasteiger partial charge on any atom is -0.304 e. The fourth-order valence-corrected chi connectivity index (χ4v) is 4.26. The van der Waals surface area contributed by atoms with Crippen molar-refractivity contribution in [2.24, 2.45) is 0 Å². The summed E-state index contributed by atoms with van der Waals surface area (Å²) in [6.07, 6.45) is -3.52. The van der Waals surface area contributed by atoms with Crippen molar-refractivity contribution in [3.05, 3.63) is 59.5 Å². The van der Waals surface area contributed by atoms with Crippen molar-refractivity contribution >= 4 is 27.4 Å². The first-order valence-corrected chi connectivity index (χ1v) is 10.8. The van der Waals surface area contributed by atoms with Gasteiger partial charge < -0.3 is 9.80 Å². The molecule has 0 N–H and O–H groups in total. The highest BCUT2D eigenvalue weighted by molar-refractivity contribution is 7.99. The molecule has 0 atom stereocenters. The largest absolute Gasteiger partial charge is 0.304 e. The van der Waals surface area contributed by atoms with Gasteiger partial charge in [-0.2, -0.15) is 0 Å². The normalized spacial score (nSPS) is 31.8. The van der Waals surface area contributed by atoms with Gasteiger partial charge in [0.25, 0.3) is 0 Å². The van der Waals surface area contributed by atoms with Crippen LogP contribution in [0.4, 0.5) is 0 Å². The first-order valence-electron chi connectivity index (χ1n) is 19.0. The zero-order valence-corrected chi connectivity index (χ0v) is 16.9. The van der Waals surface area contributed by atoms with E-state index in [1.54, 1.807) is 0 Å². The van der Waals surface area contributed by atoms with Crippen LogP contribution < -0.4 is 0 Å². The van der Waals surface area contributed by atoms with E-state index in [1.807, 2.05) is 0 Å². The maximum Gasteiger partial charge on any atom is 0.242 e. The zero-order chi connectivity index (χ0) is 39.4. The smallest absolute Gasteiger partial charge is 0.242 e. The van der Waals surface area contributed by atoms with E-state index >= 15 is 0 Å². The molecule has 2 heterocycles. The molecular formula is C23H29N3O2S2. The van der Waals surface area contributed by atoms with Crippen molar-refractivity contribution < 1.29 is 37.2 Å². The Morgan fingerprint density at radius 3 is 2.70 bits per heavy atom. The van der Waals surface area contributed by atoms with Gasteiger partial charge in [0.05, 0.1) is 15.9 Å². The van der Waals surface area contributed by atoms with Crippen LogP contribution in [-0.2, 0) is 10.0 Å². The molecule has 4 rings (SSSR count). The van der Waals surface area contributed by atoms with E-state index in [4.69, 9.17) is 28.8 Å². The van der Waals surface area contributed by atoms with Crippen LogP contribution in [0.3, 0.4) is 0 Å². The molecule has 30 heavy (non-hydrogen) atoms. The summed E-state index contributed by atoms with van der Waals surface area (Å²) in [7, 11) is -5.95. The van der Waals surface area contributed by atoms with Crippen LogP contribution >= 0.6 is 11.8 Å². The topological polar surface area (TPSA) is 43.9 Å². The van der Waals surface area contributed by atoms with E-state index in [0.29, 0.717) is 11.8 Å². The molecule has 2 aromatic rings. The SMILES string of the molecule is [2H]/C(=C1\c2c([2H])c([2H])c([2H])c([2H])c2Sc2c([2H])c([2H])c(S(=O)(=O)N(C([2H])([2H])[2H])C([2H])([2H])[2H])c([2H])c21)C([2H])([2H])C([2H])([2H])N1CCN(C([2H])([2H])[2H])CC1. The zero-order valence-electron chi connectivity index (χ0n) is 36.3. The van der Waals surface area contributed by atoms with Crippen molar-refractivity contribution in [3.8, 4) is 0 Å². The summed E-state index contributed by atoms with van der Waals surface area (Å²) < 4.78 is 199. The molecule has 2 aromatic carbocycles. The van der Waals surface area contributed by atoms with Crippen LogP contribution in [0.2, 0.25) is 0 Å². The summed E-state index contributed by atoms with van der Waals surface area (Å²) >= 11 is 0.338. The maximum absolute atomic E-state index is 13.8. The number of benzene rings is 2. The number of sulfonamides is 1. The Hall–Kier alpha value is -1.64. The molecule has 1 saturated heterocycles. The highest BCUT2D eigenvalue weighted by Crippen LogP contribution is 2.46. The Morgan fingerprint density at radius 1 is 1.17 bits per heavy atom. The van der Waals surface area contributed by atoms with E-state index in [1.165, 1.54) is 0 Å². The Morgan fingerprint density at radius 2 is 1.93 bits per heavy atom. The van der Waals surface area contributed by atoms with Crippen molar-refractivity contribution in [3.63, 3.8) is 0 Å². The monoisotopic (exact) mass is 464 g/mol. The van der Waals surface area contributed by atoms with E-state index in [0.717, 1.165) is 9.80 Å². The van der Waals surface area contributed by atoms with E-state index in [-0.39, 0.29) is 26.2 Å². The van der Waals surface area contributed by atoms with Crippen molar-refractivity contribution in [1.29, 1.82) is 0 Å². The average Bonchev–Trinajstić information content (AvgIpc) is 2.97. The van der Waals surface area contributed by atoms with Crippen molar-refractivity contribution in [2.45, 2.75) is 21.1 Å². The molecule has 160 valence electrons. The number of fused-ring (bicyclic) bond motifs is 2. The molecule has 0 unspecified atom stereocenters. The van der Waals surface area contributed by atoms with Gasteiger partial charge in [-0.05, 0) is 54.2 Å². The molecule has 2 aliphatic rings. The molecule has 1 fully saturated rings. The lowest BCUT2D eigenvalue weighted by Gasteiger charge is -2.32. The third-order valence-electron chi connectivity index (χ3n) is 4.29. The van der Waals surface area contributed by atoms with Crippen molar-refractivity contribution in [2.75, 3.05) is 53.6 Å². The molecule has 0 bridgehead atoms. The van der Waals surface area contributed by atoms with E-state index in [2.05, 4.69) is 0 Å². The first-order chi connectivity index (χ1) is 22.8. The molecular weight excluding hydrogens is 414 g/mol. The molecule has 0 spiro atoms. The van der Waals surface area contributed by atoms with Crippen LogP contribution in [-0.4, -0.2) is 76.1 Å². The summed E-state index contributed by atoms with van der Waals surface area (Å²) in [5.41, 5.74) is -2.62. The predicted octanol–water partition coefficient (Wildman–Crippen LogP) is 3.47. The summed E-state index contributed by atoms with van der Waals surface area (Å²) in [5, 5.41) is 0. The third kappa shape index (κ3) is 4.36. The van der Waals surface area contributed by atoms with Gasteiger partial charge in [-0.15, -0.1) is 0 Å². The summed E-state index contributed by atoms with van der Waals surface area (Å²) in [4.78, 5) is -0.780. The lowest BCUT2D eigenvalue weighted by atomic mass is 9.96. The van der Waals surface area contributed by atoms with Crippen molar-refractivity contribution in [1.82, 2.24) is 14.1 Å². The molecule has 5 nitrogen and oxygen atoms in total. The molecule has 0 amide bonds. The van der Waals surface area contributed by atoms with Gasteiger partial charge >= 0.3 is 0 Å². The maximum atomic E-state index is 13.8. The standard InChI is InChI=1S/C23H29N3O2S2/c1-24(2)30(27,28)18-10-11-23-21(17-18)19(20-7-4-5-9-22(20)29-23)8-6-12-26-15-13-25(3)14-16-26/h4-5,7-11,17H,6,12-16H2,1-3H3/b19-8-/i1D3,2D3,3D3,4D,5D,6D2,7D,8D,9D,10D,11D,12D2,17D. The Balaban J connectivity index is 2.14. The molecule has 0 aliphatic carbocycles. The molecule has 7 heteroatoms.